The molecule has 12 rings (SSSR count). The Balaban J connectivity index is 0.000000161. The van der Waals surface area contributed by atoms with E-state index in [4.69, 9.17) is 4.98 Å². The van der Waals surface area contributed by atoms with Crippen LogP contribution in [0.5, 0.6) is 0 Å². The third kappa shape index (κ3) is 11.1. The number of halogens is 2. The Labute approximate surface area is 455 Å². The van der Waals surface area contributed by atoms with Crippen LogP contribution in [-0.2, 0) is 13.9 Å². The van der Waals surface area contributed by atoms with Crippen LogP contribution in [0.3, 0.4) is 0 Å². The second-order valence-electron chi connectivity index (χ2n) is 17.6. The molecule has 364 valence electrons. The van der Waals surface area contributed by atoms with Crippen LogP contribution in [0.25, 0.3) is 22.4 Å². The maximum absolute atomic E-state index is 13.6. The molecule has 5 nitrogen and oxygen atoms in total. The summed E-state index contributed by atoms with van der Waals surface area (Å²) in [5, 5.41) is 0. The molecule has 1 aromatic heterocycles. The molecule has 10 aromatic carbocycles. The van der Waals surface area contributed by atoms with Crippen LogP contribution in [0.2, 0.25) is 0 Å². The normalized spacial score (nSPS) is 11.8. The number of rotatable bonds is 12. The van der Waals surface area contributed by atoms with E-state index in [-0.39, 0.29) is 23.9 Å². The van der Waals surface area contributed by atoms with Crippen molar-refractivity contribution in [3.05, 3.63) is 336 Å². The van der Waals surface area contributed by atoms with Crippen LogP contribution in [0.4, 0.5) is 11.4 Å². The molecule has 0 bridgehead atoms. The maximum atomic E-state index is 13.6. The Kier molecular flexibility index (Phi) is 16.6. The number of benzene rings is 10. The van der Waals surface area contributed by atoms with E-state index in [1.165, 1.54) is 22.3 Å². The molecule has 1 aliphatic heterocycles. The first-order valence-electron chi connectivity index (χ1n) is 24.3. The fourth-order valence-corrected chi connectivity index (χ4v) is 9.89. The van der Waals surface area contributed by atoms with Gasteiger partial charge >= 0.3 is 40.8 Å². The second-order valence-corrected chi connectivity index (χ2v) is 24.8. The molecule has 74 heavy (non-hydrogen) atoms. The van der Waals surface area contributed by atoms with Crippen LogP contribution >= 0.6 is 26.9 Å². The number of imidazole rings is 1. The Morgan fingerprint density at radius 1 is 0.392 bits per heavy atom. The van der Waals surface area contributed by atoms with Crippen molar-refractivity contribution < 1.29 is 18.7 Å². The molecule has 0 saturated carbocycles. The smallest absolute Gasteiger partial charge is 0.210 e. The van der Waals surface area contributed by atoms with E-state index < -0.39 is 0 Å². The Morgan fingerprint density at radius 2 is 0.716 bits per heavy atom. The molecule has 0 atom stereocenters. The van der Waals surface area contributed by atoms with Gasteiger partial charge < -0.3 is 14.4 Å². The van der Waals surface area contributed by atoms with Crippen LogP contribution < -0.4 is 9.80 Å². The minimum absolute atomic E-state index is 0.00995. The average molecular weight is 1180 g/mol. The molecule has 0 amide bonds. The average Bonchev–Trinajstić information content (AvgIpc) is 4.04. The van der Waals surface area contributed by atoms with Gasteiger partial charge in [0.1, 0.15) is 5.82 Å². The first kappa shape index (κ1) is 50.1. The molecular formula is C66H50Br2N4OPd. The molecule has 11 aromatic rings. The molecule has 0 fully saturated rings. The van der Waals surface area contributed by atoms with Gasteiger partial charge in [0.05, 0.1) is 40.5 Å². The van der Waals surface area contributed by atoms with Crippen molar-refractivity contribution in [1.82, 2.24) is 9.55 Å². The van der Waals surface area contributed by atoms with Gasteiger partial charge in [0.15, 0.2) is 5.78 Å². The molecular weight excluding hydrogens is 1130 g/mol. The van der Waals surface area contributed by atoms with Gasteiger partial charge in [0.2, 0.25) is 6.67 Å². The summed E-state index contributed by atoms with van der Waals surface area (Å²) in [7, 11) is 0. The van der Waals surface area contributed by atoms with E-state index in [0.717, 1.165) is 44.9 Å². The zero-order valence-corrected chi connectivity index (χ0v) is 44.9. The molecule has 0 spiro atoms. The standard InChI is InChI=1S/C33H24N2O.C33H26N2.2BrH.Pd/c36-32(26-18-8-3-9-19-26)27-20-10-11-21-28(27)33-34-29-22-12-13-23-30(29)35(33)31(24-14-4-1-5-15-24)25-16-6-2-7-17-25;1-5-15-26(16-6-1)32(27-17-7-2-8-18-27)34-25-35(31-24-14-13-23-30(31)34)33(28-19-9-3-10-20-28)29-21-11-4-12-22-29;;;/h1-23,31H;1-24,32-33H;2*1H;/q;;;;+2/p-2. The number of ketones is 1. The van der Waals surface area contributed by atoms with Crippen LogP contribution in [0.15, 0.2) is 285 Å². The number of nitrogens with zero attached hydrogens (tertiary/aromatic N) is 4. The number of anilines is 2. The predicted molar refractivity (Wildman–Crippen MR) is 307 cm³/mol. The van der Waals surface area contributed by atoms with Crippen LogP contribution in [0, 0.1) is 6.67 Å². The number of hydrogen-bond donors (Lipinski definition) is 0. The van der Waals surface area contributed by atoms with Crippen molar-refractivity contribution in [2.45, 2.75) is 18.1 Å². The zero-order chi connectivity index (χ0) is 50.5. The molecule has 0 N–H and O–H groups in total. The summed E-state index contributed by atoms with van der Waals surface area (Å²) in [5.74, 6) is 0.759. The van der Waals surface area contributed by atoms with Crippen molar-refractivity contribution in [1.29, 1.82) is 0 Å². The van der Waals surface area contributed by atoms with E-state index in [1.807, 2.05) is 84.9 Å². The van der Waals surface area contributed by atoms with Crippen molar-refractivity contribution in [3.8, 4) is 11.4 Å². The van der Waals surface area contributed by atoms with Gasteiger partial charge in [-0.05, 0) is 57.6 Å². The molecule has 0 aliphatic carbocycles. The predicted octanol–water partition coefficient (Wildman–Crippen LogP) is 17.1. The summed E-state index contributed by atoms with van der Waals surface area (Å²) in [6, 6.07) is 97.7. The van der Waals surface area contributed by atoms with Crippen LogP contribution in [0.1, 0.15) is 67.4 Å². The van der Waals surface area contributed by atoms with Gasteiger partial charge in [-0.25, -0.2) is 4.98 Å². The number of carbonyl (C=O) groups excluding carboxylic acids is 1. The Hall–Kier alpha value is -7.44. The van der Waals surface area contributed by atoms with E-state index >= 15 is 0 Å². The summed E-state index contributed by atoms with van der Waals surface area (Å²) in [6.07, 6.45) is 0. The topological polar surface area (TPSA) is 41.4 Å². The van der Waals surface area contributed by atoms with Gasteiger partial charge in [-0.1, -0.05) is 261 Å². The fraction of sp³-hybridized carbons (Fsp3) is 0.0455. The summed E-state index contributed by atoms with van der Waals surface area (Å²) in [6.45, 7) is 3.82. The van der Waals surface area contributed by atoms with Gasteiger partial charge in [0, 0.05) is 16.7 Å². The molecule has 2 radical (unpaired) electrons. The summed E-state index contributed by atoms with van der Waals surface area (Å²) in [5.41, 5.74) is 13.6. The number of carbonyl (C=O) groups is 1. The molecule has 0 saturated heterocycles. The first-order valence-corrected chi connectivity index (χ1v) is 31.5. The first-order chi connectivity index (χ1) is 36.6. The summed E-state index contributed by atoms with van der Waals surface area (Å²) >= 11 is 6.80. The monoisotopic (exact) mass is 1180 g/mol. The Morgan fingerprint density at radius 3 is 1.14 bits per heavy atom. The van der Waals surface area contributed by atoms with E-state index in [9.17, 15) is 4.79 Å². The largest absolute Gasteiger partial charge is 0.328 e. The number of para-hydroxylation sites is 4. The summed E-state index contributed by atoms with van der Waals surface area (Å²) in [4.78, 5) is 23.4. The van der Waals surface area contributed by atoms with Gasteiger partial charge in [-0.3, -0.25) is 4.79 Å². The van der Waals surface area contributed by atoms with Crippen molar-refractivity contribution >= 4 is 55.1 Å². The molecule has 8 heteroatoms. The van der Waals surface area contributed by atoms with Gasteiger partial charge in [0.25, 0.3) is 0 Å². The van der Waals surface area contributed by atoms with Crippen molar-refractivity contribution in [2.75, 3.05) is 9.80 Å². The third-order valence-corrected chi connectivity index (χ3v) is 13.1. The van der Waals surface area contributed by atoms with Gasteiger partial charge in [-0.2, -0.15) is 0 Å². The number of fused-ring (bicyclic) bond motifs is 2. The quantitative estimate of drug-likeness (QED) is 0.0903. The maximum Gasteiger partial charge on any atom is 0.210 e. The second kappa shape index (κ2) is 24.5. The van der Waals surface area contributed by atoms with Gasteiger partial charge in [-0.15, -0.1) is 0 Å². The molecule has 2 heterocycles. The minimum atomic E-state index is -0.116. The molecule has 0 unspecified atom stereocenters. The number of hydrogen-bond acceptors (Lipinski definition) is 4. The van der Waals surface area contributed by atoms with Crippen molar-refractivity contribution in [3.63, 3.8) is 0 Å². The number of aromatic nitrogens is 2. The minimum Gasteiger partial charge on any atom is -0.328 e. The summed E-state index contributed by atoms with van der Waals surface area (Å²) < 4.78 is 2.27. The van der Waals surface area contributed by atoms with Crippen molar-refractivity contribution in [2.24, 2.45) is 0 Å². The Bertz CT molecular complexity index is 3290. The molecule has 1 aliphatic rings. The SMILES string of the molecule is O=C(c1ccccc1)c1ccccc1-c1nc2ccccc2n1C(c1ccccc1)c1ccccc1.[Br][Pd][Br].[C]1N(C(c2ccccc2)c2ccccc2)c2ccccc2N1C(c1ccccc1)c1ccccc1. The third-order valence-electron chi connectivity index (χ3n) is 13.1. The van der Waals surface area contributed by atoms with E-state index in [0.29, 0.717) is 25.1 Å². The van der Waals surface area contributed by atoms with E-state index in [1.54, 1.807) is 0 Å². The van der Waals surface area contributed by atoms with E-state index in [2.05, 4.69) is 248 Å². The van der Waals surface area contributed by atoms with Crippen LogP contribution in [-0.4, -0.2) is 15.3 Å². The zero-order valence-electron chi connectivity index (χ0n) is 40.1. The fourth-order valence-electron chi connectivity index (χ4n) is 9.89.